The zero-order chi connectivity index (χ0) is 20.6. The van der Waals surface area contributed by atoms with Gasteiger partial charge < -0.3 is 29.1 Å². The van der Waals surface area contributed by atoms with Gasteiger partial charge in [0.1, 0.15) is 30.8 Å². The molecule has 2 aromatic rings. The van der Waals surface area contributed by atoms with Crippen molar-refractivity contribution >= 4 is 11.7 Å². The zero-order valence-corrected chi connectivity index (χ0v) is 17.0. The molecule has 1 aliphatic rings. The smallest absolute Gasteiger partial charge is 0.337 e. The maximum Gasteiger partial charge on any atom is 0.337 e. The summed E-state index contributed by atoms with van der Waals surface area (Å²) in [6.07, 6.45) is -0.553. The van der Waals surface area contributed by atoms with Crippen molar-refractivity contribution in [3.63, 3.8) is 0 Å². The lowest BCUT2D eigenvalue weighted by atomic mass is 10.2. The number of ether oxygens (including phenoxy) is 3. The highest BCUT2D eigenvalue weighted by Gasteiger charge is 2.24. The normalized spacial score (nSPS) is 15.6. The van der Waals surface area contributed by atoms with Gasteiger partial charge in [0.2, 0.25) is 0 Å². The minimum atomic E-state index is -0.553. The monoisotopic (exact) mass is 401 g/mol. The van der Waals surface area contributed by atoms with Gasteiger partial charge in [0, 0.05) is 0 Å². The molecule has 1 fully saturated rings. The molecule has 0 radical (unpaired) electrons. The fraction of sp³-hybridized carbons (Fsp3) is 0.409. The summed E-state index contributed by atoms with van der Waals surface area (Å²) in [5, 5.41) is 10.4. The number of methoxy groups -OCH3 is 2. The number of piperazine rings is 1. The predicted octanol–water partition coefficient (Wildman–Crippen LogP) is 0.627. The van der Waals surface area contributed by atoms with Crippen LogP contribution in [0.1, 0.15) is 10.4 Å². The lowest BCUT2D eigenvalue weighted by Crippen LogP contribution is -3.16. The van der Waals surface area contributed by atoms with Gasteiger partial charge in [0.25, 0.3) is 0 Å². The van der Waals surface area contributed by atoms with E-state index in [9.17, 15) is 9.90 Å². The Kier molecular flexibility index (Phi) is 7.32. The Morgan fingerprint density at radius 1 is 1.10 bits per heavy atom. The molecule has 0 unspecified atom stereocenters. The molecule has 1 saturated heterocycles. The van der Waals surface area contributed by atoms with Crippen molar-refractivity contribution in [2.45, 2.75) is 6.10 Å². The van der Waals surface area contributed by atoms with Crippen LogP contribution in [0.15, 0.2) is 48.5 Å². The number of para-hydroxylation sites is 2. The molecular formula is C22H29N2O5+. The van der Waals surface area contributed by atoms with Crippen LogP contribution in [0.3, 0.4) is 0 Å². The number of esters is 1. The van der Waals surface area contributed by atoms with Crippen molar-refractivity contribution in [2.24, 2.45) is 0 Å². The number of hydrogen-bond acceptors (Lipinski definition) is 6. The SMILES string of the molecule is COC(=O)c1ccc(OC[C@H](O)C[NH+]2CCN(c3ccccc3OC)CC2)cc1. The quantitative estimate of drug-likeness (QED) is 0.632. The van der Waals surface area contributed by atoms with Crippen molar-refractivity contribution in [3.05, 3.63) is 54.1 Å². The number of carbonyl (C=O) groups excluding carboxylic acids is 1. The number of hydrogen-bond donors (Lipinski definition) is 2. The van der Waals surface area contributed by atoms with Gasteiger partial charge in [-0.2, -0.15) is 0 Å². The molecule has 7 heteroatoms. The first-order valence-corrected chi connectivity index (χ1v) is 9.81. The first kappa shape index (κ1) is 21.0. The molecule has 3 rings (SSSR count). The minimum absolute atomic E-state index is 0.220. The average Bonchev–Trinajstić information content (AvgIpc) is 2.78. The van der Waals surface area contributed by atoms with Crippen LogP contribution in [0.2, 0.25) is 0 Å². The minimum Gasteiger partial charge on any atom is -0.495 e. The van der Waals surface area contributed by atoms with Crippen molar-refractivity contribution in [2.75, 3.05) is 58.5 Å². The van der Waals surface area contributed by atoms with E-state index in [2.05, 4.69) is 15.7 Å². The number of aliphatic hydroxyl groups excluding tert-OH is 1. The van der Waals surface area contributed by atoms with Gasteiger partial charge in [-0.1, -0.05) is 12.1 Å². The summed E-state index contributed by atoms with van der Waals surface area (Å²) in [6.45, 7) is 4.58. The lowest BCUT2D eigenvalue weighted by Gasteiger charge is -2.35. The number of anilines is 1. The number of nitrogens with zero attached hydrogens (tertiary/aromatic N) is 1. The molecule has 0 aliphatic carbocycles. The third kappa shape index (κ3) is 5.62. The Bertz CT molecular complexity index is 788. The van der Waals surface area contributed by atoms with E-state index in [4.69, 9.17) is 9.47 Å². The van der Waals surface area contributed by atoms with Crippen molar-refractivity contribution < 1.29 is 29.0 Å². The number of carbonyl (C=O) groups is 1. The molecule has 0 aromatic heterocycles. The molecule has 1 atom stereocenters. The average molecular weight is 401 g/mol. The van der Waals surface area contributed by atoms with Crippen LogP contribution >= 0.6 is 0 Å². The maximum atomic E-state index is 11.4. The molecule has 0 amide bonds. The zero-order valence-electron chi connectivity index (χ0n) is 17.0. The van der Waals surface area contributed by atoms with Crippen LogP contribution in [0.5, 0.6) is 11.5 Å². The van der Waals surface area contributed by atoms with Gasteiger partial charge in [0.05, 0.1) is 51.6 Å². The molecule has 1 aliphatic heterocycles. The Hall–Kier alpha value is -2.77. The summed E-state index contributed by atoms with van der Waals surface area (Å²) < 4.78 is 15.8. The third-order valence-electron chi connectivity index (χ3n) is 5.14. The number of rotatable bonds is 8. The van der Waals surface area contributed by atoms with E-state index < -0.39 is 6.10 Å². The summed E-state index contributed by atoms with van der Waals surface area (Å²) in [6, 6.07) is 14.8. The second kappa shape index (κ2) is 10.1. The molecule has 29 heavy (non-hydrogen) atoms. The van der Waals surface area contributed by atoms with Crippen LogP contribution in [0.25, 0.3) is 0 Å². The fourth-order valence-corrected chi connectivity index (χ4v) is 3.55. The second-order valence-corrected chi connectivity index (χ2v) is 7.09. The van der Waals surface area contributed by atoms with Crippen LogP contribution in [-0.2, 0) is 4.74 Å². The molecule has 7 nitrogen and oxygen atoms in total. The van der Waals surface area contributed by atoms with Crippen LogP contribution < -0.4 is 19.3 Å². The van der Waals surface area contributed by atoms with Crippen LogP contribution in [0, 0.1) is 0 Å². The molecule has 0 bridgehead atoms. The first-order chi connectivity index (χ1) is 14.1. The Morgan fingerprint density at radius 2 is 1.79 bits per heavy atom. The Labute approximate surface area is 171 Å². The summed E-state index contributed by atoms with van der Waals surface area (Å²) in [7, 11) is 3.04. The van der Waals surface area contributed by atoms with E-state index in [1.54, 1.807) is 31.4 Å². The highest BCUT2D eigenvalue weighted by atomic mass is 16.5. The molecule has 0 saturated carbocycles. The van der Waals surface area contributed by atoms with Crippen molar-refractivity contribution in [1.82, 2.24) is 0 Å². The third-order valence-corrected chi connectivity index (χ3v) is 5.14. The molecule has 1 heterocycles. The van der Waals surface area contributed by atoms with Gasteiger partial charge in [-0.15, -0.1) is 0 Å². The van der Waals surface area contributed by atoms with Gasteiger partial charge >= 0.3 is 5.97 Å². The van der Waals surface area contributed by atoms with E-state index in [1.165, 1.54) is 12.0 Å². The Balaban J connectivity index is 1.43. The number of nitrogens with one attached hydrogen (secondary N) is 1. The van der Waals surface area contributed by atoms with Crippen molar-refractivity contribution in [1.29, 1.82) is 0 Å². The van der Waals surface area contributed by atoms with Gasteiger partial charge in [-0.25, -0.2) is 4.79 Å². The number of aliphatic hydroxyl groups is 1. The van der Waals surface area contributed by atoms with Gasteiger partial charge in [0.15, 0.2) is 0 Å². The molecule has 2 aromatic carbocycles. The first-order valence-electron chi connectivity index (χ1n) is 9.81. The number of quaternary nitrogens is 1. The second-order valence-electron chi connectivity index (χ2n) is 7.09. The van der Waals surface area contributed by atoms with Crippen LogP contribution in [-0.4, -0.2) is 70.7 Å². The molecule has 156 valence electrons. The van der Waals surface area contributed by atoms with E-state index in [-0.39, 0.29) is 12.6 Å². The topological polar surface area (TPSA) is 72.7 Å². The van der Waals surface area contributed by atoms with Gasteiger partial charge in [-0.3, -0.25) is 0 Å². The van der Waals surface area contributed by atoms with E-state index >= 15 is 0 Å². The fourth-order valence-electron chi connectivity index (χ4n) is 3.55. The largest absolute Gasteiger partial charge is 0.495 e. The summed E-state index contributed by atoms with van der Waals surface area (Å²) in [5.74, 6) is 1.13. The molecular weight excluding hydrogens is 372 g/mol. The van der Waals surface area contributed by atoms with E-state index in [0.717, 1.165) is 37.6 Å². The molecule has 0 spiro atoms. The maximum absolute atomic E-state index is 11.4. The summed E-state index contributed by atoms with van der Waals surface area (Å²) in [5.41, 5.74) is 1.59. The number of benzene rings is 2. The molecule has 2 N–H and O–H groups in total. The van der Waals surface area contributed by atoms with E-state index in [0.29, 0.717) is 17.9 Å². The highest BCUT2D eigenvalue weighted by molar-refractivity contribution is 5.89. The summed E-state index contributed by atoms with van der Waals surface area (Å²) >= 11 is 0. The van der Waals surface area contributed by atoms with Gasteiger partial charge in [-0.05, 0) is 36.4 Å². The lowest BCUT2D eigenvalue weighted by molar-refractivity contribution is -0.903. The highest BCUT2D eigenvalue weighted by Crippen LogP contribution is 2.27. The van der Waals surface area contributed by atoms with Crippen LogP contribution in [0.4, 0.5) is 5.69 Å². The van der Waals surface area contributed by atoms with Crippen molar-refractivity contribution in [3.8, 4) is 11.5 Å². The standard InChI is InChI=1S/C22H28N2O5/c1-27-21-6-4-3-5-20(21)24-13-11-23(12-14-24)15-18(25)16-29-19-9-7-17(8-10-19)22(26)28-2/h3-10,18,25H,11-16H2,1-2H3/p+1/t18-/m1/s1. The Morgan fingerprint density at radius 3 is 2.45 bits per heavy atom. The summed E-state index contributed by atoms with van der Waals surface area (Å²) in [4.78, 5) is 15.1. The predicted molar refractivity (Wildman–Crippen MR) is 110 cm³/mol. The van der Waals surface area contributed by atoms with E-state index in [1.807, 2.05) is 18.2 Å².